The molecule has 2 N–H and O–H groups in total. The van der Waals surface area contributed by atoms with Crippen LogP contribution in [0.2, 0.25) is 5.02 Å². The zero-order chi connectivity index (χ0) is 14.0. The number of aryl methyl sites for hydroxylation is 1. The summed E-state index contributed by atoms with van der Waals surface area (Å²) in [6, 6.07) is 9.84. The molecule has 0 amide bonds. The van der Waals surface area contributed by atoms with Crippen LogP contribution in [0.1, 0.15) is 22.7 Å². The zero-order valence-electron chi connectivity index (χ0n) is 10.8. The number of halogens is 2. The van der Waals surface area contributed by atoms with E-state index in [-0.39, 0.29) is 5.02 Å². The highest BCUT2D eigenvalue weighted by molar-refractivity contribution is 6.30. The van der Waals surface area contributed by atoms with Gasteiger partial charge in [-0.15, -0.1) is 0 Å². The minimum Gasteiger partial charge on any atom is -0.496 e. The van der Waals surface area contributed by atoms with Gasteiger partial charge in [0, 0.05) is 5.56 Å². The van der Waals surface area contributed by atoms with E-state index in [1.54, 1.807) is 19.2 Å². The first-order valence-electron chi connectivity index (χ1n) is 5.88. The second-order valence-electron chi connectivity index (χ2n) is 4.35. The van der Waals surface area contributed by atoms with Gasteiger partial charge in [0.05, 0.1) is 18.2 Å². The maximum absolute atomic E-state index is 13.9. The van der Waals surface area contributed by atoms with Gasteiger partial charge in [-0.05, 0) is 30.2 Å². The van der Waals surface area contributed by atoms with Crippen molar-refractivity contribution in [2.75, 3.05) is 7.11 Å². The molecule has 1 unspecified atom stereocenters. The lowest BCUT2D eigenvalue weighted by Gasteiger charge is -2.15. The van der Waals surface area contributed by atoms with E-state index >= 15 is 0 Å². The molecule has 2 rings (SSSR count). The van der Waals surface area contributed by atoms with Crippen LogP contribution in [0.5, 0.6) is 5.75 Å². The fourth-order valence-corrected chi connectivity index (χ4v) is 2.22. The minimum atomic E-state index is -0.552. The van der Waals surface area contributed by atoms with E-state index in [0.717, 1.165) is 16.9 Å². The van der Waals surface area contributed by atoms with Crippen LogP contribution in [0.25, 0.3) is 0 Å². The van der Waals surface area contributed by atoms with Crippen molar-refractivity contribution in [1.82, 2.24) is 0 Å². The highest BCUT2D eigenvalue weighted by Crippen LogP contribution is 2.28. The van der Waals surface area contributed by atoms with E-state index < -0.39 is 11.9 Å². The summed E-state index contributed by atoms with van der Waals surface area (Å²) in [7, 11) is 1.61. The van der Waals surface area contributed by atoms with Crippen LogP contribution in [0.15, 0.2) is 36.4 Å². The first kappa shape index (κ1) is 13.8. The van der Waals surface area contributed by atoms with Crippen LogP contribution in [0.4, 0.5) is 4.39 Å². The van der Waals surface area contributed by atoms with Crippen molar-refractivity contribution < 1.29 is 9.13 Å². The molecule has 0 bridgehead atoms. The van der Waals surface area contributed by atoms with Crippen molar-refractivity contribution in [2.45, 2.75) is 13.0 Å². The molecular formula is C15H15ClFNO. The fraction of sp³-hybridized carbons (Fsp3) is 0.200. The maximum Gasteiger partial charge on any atom is 0.146 e. The number of rotatable bonds is 3. The monoisotopic (exact) mass is 279 g/mol. The Labute approximate surface area is 117 Å². The van der Waals surface area contributed by atoms with Crippen molar-refractivity contribution in [1.29, 1.82) is 0 Å². The van der Waals surface area contributed by atoms with Crippen LogP contribution in [-0.2, 0) is 0 Å². The van der Waals surface area contributed by atoms with Gasteiger partial charge in [0.25, 0.3) is 0 Å². The minimum absolute atomic E-state index is 0.0817. The molecule has 0 aliphatic rings. The third-order valence-corrected chi connectivity index (χ3v) is 3.39. The highest BCUT2D eigenvalue weighted by atomic mass is 35.5. The van der Waals surface area contributed by atoms with Gasteiger partial charge in [0.15, 0.2) is 0 Å². The van der Waals surface area contributed by atoms with Crippen molar-refractivity contribution in [3.05, 3.63) is 63.9 Å². The van der Waals surface area contributed by atoms with Crippen molar-refractivity contribution in [2.24, 2.45) is 5.73 Å². The summed E-state index contributed by atoms with van der Waals surface area (Å²) in [5.74, 6) is 0.313. The Morgan fingerprint density at radius 3 is 2.63 bits per heavy atom. The van der Waals surface area contributed by atoms with Gasteiger partial charge < -0.3 is 10.5 Å². The lowest BCUT2D eigenvalue weighted by atomic mass is 9.97. The largest absolute Gasteiger partial charge is 0.496 e. The Morgan fingerprint density at radius 2 is 2.00 bits per heavy atom. The van der Waals surface area contributed by atoms with Gasteiger partial charge in [0.2, 0.25) is 0 Å². The van der Waals surface area contributed by atoms with Gasteiger partial charge in [-0.25, -0.2) is 4.39 Å². The number of hydrogen-bond donors (Lipinski definition) is 1. The van der Waals surface area contributed by atoms with Crippen LogP contribution in [-0.4, -0.2) is 7.11 Å². The van der Waals surface area contributed by atoms with Gasteiger partial charge in [-0.3, -0.25) is 0 Å². The summed E-state index contributed by atoms with van der Waals surface area (Å²) in [4.78, 5) is 0. The smallest absolute Gasteiger partial charge is 0.146 e. The van der Waals surface area contributed by atoms with Gasteiger partial charge >= 0.3 is 0 Å². The predicted octanol–water partition coefficient (Wildman–Crippen LogP) is 3.84. The van der Waals surface area contributed by atoms with Crippen LogP contribution in [0.3, 0.4) is 0 Å². The molecule has 0 aliphatic heterocycles. The molecule has 0 radical (unpaired) electrons. The molecular weight excluding hydrogens is 265 g/mol. The second-order valence-corrected chi connectivity index (χ2v) is 4.76. The van der Waals surface area contributed by atoms with E-state index in [9.17, 15) is 4.39 Å². The Hall–Kier alpha value is -1.58. The maximum atomic E-state index is 13.9. The highest BCUT2D eigenvalue weighted by Gasteiger charge is 2.16. The van der Waals surface area contributed by atoms with Gasteiger partial charge in [0.1, 0.15) is 11.6 Å². The van der Waals surface area contributed by atoms with Crippen molar-refractivity contribution in [3.63, 3.8) is 0 Å². The van der Waals surface area contributed by atoms with E-state index in [2.05, 4.69) is 0 Å². The van der Waals surface area contributed by atoms with Crippen LogP contribution in [0, 0.1) is 12.7 Å². The second kappa shape index (κ2) is 5.59. The standard InChI is InChI=1S/C15H15ClFNO/c1-9-8-10(6-7-13(9)19-2)15(18)11-4-3-5-12(16)14(11)17/h3-8,15H,18H2,1-2H3. The Bertz CT molecular complexity index is 601. The lowest BCUT2D eigenvalue weighted by molar-refractivity contribution is 0.411. The zero-order valence-corrected chi connectivity index (χ0v) is 11.5. The molecule has 100 valence electrons. The number of nitrogens with two attached hydrogens (primary N) is 1. The topological polar surface area (TPSA) is 35.2 Å². The average Bonchev–Trinajstić information content (AvgIpc) is 2.41. The molecule has 2 aromatic rings. The van der Waals surface area contributed by atoms with Crippen LogP contribution < -0.4 is 10.5 Å². The van der Waals surface area contributed by atoms with Crippen molar-refractivity contribution >= 4 is 11.6 Å². The number of ether oxygens (including phenoxy) is 1. The first-order chi connectivity index (χ1) is 9.04. The molecule has 0 heterocycles. The number of benzene rings is 2. The van der Waals surface area contributed by atoms with Gasteiger partial charge in [-0.1, -0.05) is 35.9 Å². The third kappa shape index (κ3) is 2.72. The van der Waals surface area contributed by atoms with Gasteiger partial charge in [-0.2, -0.15) is 0 Å². The first-order valence-corrected chi connectivity index (χ1v) is 6.26. The summed E-state index contributed by atoms with van der Waals surface area (Å²) in [6.07, 6.45) is 0. The molecule has 1 atom stereocenters. The van der Waals surface area contributed by atoms with E-state index in [1.165, 1.54) is 6.07 Å². The summed E-state index contributed by atoms with van der Waals surface area (Å²) in [5.41, 5.74) is 8.27. The molecule has 0 aliphatic carbocycles. The van der Waals surface area contributed by atoms with E-state index in [0.29, 0.717) is 5.56 Å². The van der Waals surface area contributed by atoms with Crippen LogP contribution >= 0.6 is 11.6 Å². The molecule has 19 heavy (non-hydrogen) atoms. The summed E-state index contributed by atoms with van der Waals surface area (Å²) >= 11 is 5.77. The normalized spacial score (nSPS) is 12.3. The average molecular weight is 280 g/mol. The quantitative estimate of drug-likeness (QED) is 0.926. The summed E-state index contributed by atoms with van der Waals surface area (Å²) in [5, 5.41) is 0.0817. The molecule has 0 fully saturated rings. The summed E-state index contributed by atoms with van der Waals surface area (Å²) in [6.45, 7) is 1.92. The van der Waals surface area contributed by atoms with E-state index in [1.807, 2.05) is 25.1 Å². The third-order valence-electron chi connectivity index (χ3n) is 3.09. The molecule has 0 aromatic heterocycles. The Morgan fingerprint density at radius 1 is 1.26 bits per heavy atom. The molecule has 4 heteroatoms. The number of hydrogen-bond acceptors (Lipinski definition) is 2. The molecule has 0 saturated heterocycles. The molecule has 0 spiro atoms. The molecule has 0 saturated carbocycles. The Kier molecular flexibility index (Phi) is 4.08. The fourth-order valence-electron chi connectivity index (χ4n) is 2.04. The Balaban J connectivity index is 2.41. The summed E-state index contributed by atoms with van der Waals surface area (Å²) < 4.78 is 19.1. The van der Waals surface area contributed by atoms with Crippen molar-refractivity contribution in [3.8, 4) is 5.75 Å². The molecule has 2 aromatic carbocycles. The lowest BCUT2D eigenvalue weighted by Crippen LogP contribution is -2.14. The predicted molar refractivity (Wildman–Crippen MR) is 75.2 cm³/mol. The van der Waals surface area contributed by atoms with E-state index in [4.69, 9.17) is 22.1 Å². The number of methoxy groups -OCH3 is 1. The molecule has 2 nitrogen and oxygen atoms in total. The SMILES string of the molecule is COc1ccc(C(N)c2cccc(Cl)c2F)cc1C.